The van der Waals surface area contributed by atoms with Crippen molar-refractivity contribution >= 4 is 5.97 Å². The molecule has 0 aliphatic heterocycles. The lowest BCUT2D eigenvalue weighted by atomic mass is 10.1. The number of ether oxygens (including phenoxy) is 1. The summed E-state index contributed by atoms with van der Waals surface area (Å²) >= 11 is 0. The summed E-state index contributed by atoms with van der Waals surface area (Å²) in [4.78, 5) is 11.9. The van der Waals surface area contributed by atoms with Gasteiger partial charge in [-0.3, -0.25) is 0 Å². The van der Waals surface area contributed by atoms with Crippen molar-refractivity contribution in [3.63, 3.8) is 0 Å². The van der Waals surface area contributed by atoms with Crippen molar-refractivity contribution in [2.45, 2.75) is 33.5 Å². The topological polar surface area (TPSA) is 63.5 Å². The Kier molecular flexibility index (Phi) is 6.34. The quantitative estimate of drug-likeness (QED) is 0.596. The number of rotatable bonds is 8. The molecule has 29 heavy (non-hydrogen) atoms. The van der Waals surface area contributed by atoms with Crippen LogP contribution in [0.2, 0.25) is 0 Å². The van der Waals surface area contributed by atoms with Crippen LogP contribution >= 0.6 is 0 Å². The molecule has 0 fully saturated rings. The number of nitrogens with one attached hydrogen (secondary N) is 1. The van der Waals surface area contributed by atoms with Gasteiger partial charge < -0.3 is 19.7 Å². The third-order valence-corrected chi connectivity index (χ3v) is 5.20. The third kappa shape index (κ3) is 4.49. The monoisotopic (exact) mass is 396 g/mol. The molecule has 1 heterocycles. The van der Waals surface area contributed by atoms with Gasteiger partial charge in [-0.2, -0.15) is 0 Å². The molecule has 5 nitrogen and oxygen atoms in total. The largest absolute Gasteiger partial charge is 0.497 e. The summed E-state index contributed by atoms with van der Waals surface area (Å²) in [6, 6.07) is 14.3. The van der Waals surface area contributed by atoms with Crippen molar-refractivity contribution in [3.05, 3.63) is 88.0 Å². The van der Waals surface area contributed by atoms with Gasteiger partial charge in [-0.15, -0.1) is 0 Å². The van der Waals surface area contributed by atoms with E-state index in [1.807, 2.05) is 42.7 Å². The highest BCUT2D eigenvalue weighted by Gasteiger charge is 2.22. The number of carboxylic acid groups (broad SMARTS) is 1. The molecular weight excluding hydrogens is 371 g/mol. The van der Waals surface area contributed by atoms with Crippen LogP contribution in [-0.2, 0) is 19.6 Å². The molecule has 0 amide bonds. The molecule has 0 radical (unpaired) electrons. The van der Waals surface area contributed by atoms with Gasteiger partial charge in [0.2, 0.25) is 0 Å². The molecule has 0 atom stereocenters. The minimum absolute atomic E-state index is 0.275. The molecule has 0 bridgehead atoms. The standard InChI is InChI=1S/C23H25FN2O3/c1-15-20(13-25-12-18-6-4-5-7-21(18)24)22(23(27)28)16(2)26(15)14-17-8-10-19(29-3)11-9-17/h4-11,25H,12-14H2,1-3H3,(H,27,28). The zero-order chi connectivity index (χ0) is 21.0. The van der Waals surface area contributed by atoms with Crippen molar-refractivity contribution in [1.29, 1.82) is 0 Å². The summed E-state index contributed by atoms with van der Waals surface area (Å²) in [5.41, 5.74) is 4.22. The number of aromatic carboxylic acids is 1. The number of hydrogen-bond acceptors (Lipinski definition) is 3. The molecule has 2 N–H and O–H groups in total. The maximum atomic E-state index is 13.8. The fraction of sp³-hybridized carbons (Fsp3) is 0.261. The molecule has 2 aromatic carbocycles. The summed E-state index contributed by atoms with van der Waals surface area (Å²) in [5, 5.41) is 12.9. The first-order valence-electron chi connectivity index (χ1n) is 9.41. The van der Waals surface area contributed by atoms with E-state index in [0.717, 1.165) is 22.6 Å². The lowest BCUT2D eigenvalue weighted by Crippen LogP contribution is -2.16. The highest BCUT2D eigenvalue weighted by atomic mass is 19.1. The first-order chi connectivity index (χ1) is 13.9. The van der Waals surface area contributed by atoms with Crippen LogP contribution in [0.15, 0.2) is 48.5 Å². The minimum atomic E-state index is -0.957. The van der Waals surface area contributed by atoms with Crippen LogP contribution in [0.4, 0.5) is 4.39 Å². The molecule has 3 aromatic rings. The Bertz CT molecular complexity index is 1010. The van der Waals surface area contributed by atoms with Crippen molar-refractivity contribution in [2.75, 3.05) is 7.11 Å². The fourth-order valence-corrected chi connectivity index (χ4v) is 3.56. The van der Waals surface area contributed by atoms with E-state index in [2.05, 4.69) is 5.32 Å². The van der Waals surface area contributed by atoms with Gasteiger partial charge in [-0.25, -0.2) is 9.18 Å². The summed E-state index contributed by atoms with van der Waals surface area (Å²) < 4.78 is 21.0. The predicted octanol–water partition coefficient (Wildman–Crippen LogP) is 4.29. The molecule has 6 heteroatoms. The van der Waals surface area contributed by atoms with Gasteiger partial charge in [0.1, 0.15) is 11.6 Å². The van der Waals surface area contributed by atoms with Crippen LogP contribution < -0.4 is 10.1 Å². The predicted molar refractivity (Wildman–Crippen MR) is 110 cm³/mol. The van der Waals surface area contributed by atoms with Crippen molar-refractivity contribution in [2.24, 2.45) is 0 Å². The molecule has 152 valence electrons. The van der Waals surface area contributed by atoms with Crippen LogP contribution in [0.25, 0.3) is 0 Å². The third-order valence-electron chi connectivity index (χ3n) is 5.20. The Labute approximate surface area is 169 Å². The number of benzene rings is 2. The van der Waals surface area contributed by atoms with E-state index in [4.69, 9.17) is 4.74 Å². The molecule has 0 aliphatic rings. The molecule has 0 unspecified atom stereocenters. The Morgan fingerprint density at radius 1 is 1.07 bits per heavy atom. The number of methoxy groups -OCH3 is 1. The number of nitrogens with zero attached hydrogens (tertiary/aromatic N) is 1. The summed E-state index contributed by atoms with van der Waals surface area (Å²) in [5.74, 6) is -0.454. The van der Waals surface area contributed by atoms with E-state index >= 15 is 0 Å². The number of halogens is 1. The van der Waals surface area contributed by atoms with Crippen LogP contribution in [0.1, 0.15) is 38.4 Å². The Hall–Kier alpha value is -3.12. The van der Waals surface area contributed by atoms with Crippen molar-refractivity contribution in [1.82, 2.24) is 9.88 Å². The number of carbonyl (C=O) groups is 1. The van der Waals surface area contributed by atoms with Gasteiger partial charge in [-0.1, -0.05) is 30.3 Å². The smallest absolute Gasteiger partial charge is 0.337 e. The fourth-order valence-electron chi connectivity index (χ4n) is 3.56. The van der Waals surface area contributed by atoms with Crippen molar-refractivity contribution < 1.29 is 19.0 Å². The SMILES string of the molecule is COc1ccc(Cn2c(C)c(CNCc3ccccc3F)c(C(=O)O)c2C)cc1. The highest BCUT2D eigenvalue weighted by molar-refractivity contribution is 5.91. The second-order valence-corrected chi connectivity index (χ2v) is 6.96. The summed E-state index contributed by atoms with van der Waals surface area (Å²) in [6.45, 7) is 4.98. The van der Waals surface area contributed by atoms with E-state index in [9.17, 15) is 14.3 Å². The normalized spacial score (nSPS) is 10.9. The molecule has 0 spiro atoms. The van der Waals surface area contributed by atoms with Gasteiger partial charge in [0.15, 0.2) is 0 Å². The first kappa shape index (κ1) is 20.6. The maximum Gasteiger partial charge on any atom is 0.337 e. The van der Waals surface area contributed by atoms with Crippen molar-refractivity contribution in [3.8, 4) is 5.75 Å². The highest BCUT2D eigenvalue weighted by Crippen LogP contribution is 2.24. The average molecular weight is 396 g/mol. The molecule has 0 saturated heterocycles. The summed E-state index contributed by atoms with van der Waals surface area (Å²) in [6.07, 6.45) is 0. The Morgan fingerprint density at radius 3 is 2.38 bits per heavy atom. The number of aromatic nitrogens is 1. The van der Waals surface area contributed by atoms with Crippen LogP contribution in [0, 0.1) is 19.7 Å². The Balaban J connectivity index is 1.83. The maximum absolute atomic E-state index is 13.8. The van der Waals surface area contributed by atoms with E-state index in [1.165, 1.54) is 6.07 Å². The van der Waals surface area contributed by atoms with E-state index in [1.54, 1.807) is 25.3 Å². The molecule has 0 saturated carbocycles. The lowest BCUT2D eigenvalue weighted by Gasteiger charge is -2.11. The van der Waals surface area contributed by atoms with Gasteiger partial charge in [0.05, 0.1) is 12.7 Å². The van der Waals surface area contributed by atoms with E-state index in [0.29, 0.717) is 36.5 Å². The van der Waals surface area contributed by atoms with E-state index in [-0.39, 0.29) is 5.82 Å². The zero-order valence-corrected chi connectivity index (χ0v) is 16.8. The Morgan fingerprint density at radius 2 is 1.76 bits per heavy atom. The molecule has 1 aromatic heterocycles. The molecule has 0 aliphatic carbocycles. The second-order valence-electron chi connectivity index (χ2n) is 6.96. The summed E-state index contributed by atoms with van der Waals surface area (Å²) in [7, 11) is 1.62. The molecule has 3 rings (SSSR count). The van der Waals surface area contributed by atoms with Gasteiger partial charge in [-0.05, 0) is 37.6 Å². The van der Waals surface area contributed by atoms with Gasteiger partial charge >= 0.3 is 5.97 Å². The van der Waals surface area contributed by atoms with Crippen LogP contribution in [0.5, 0.6) is 5.75 Å². The molecular formula is C23H25FN2O3. The minimum Gasteiger partial charge on any atom is -0.497 e. The average Bonchev–Trinajstić information content (AvgIpc) is 2.94. The van der Waals surface area contributed by atoms with Gasteiger partial charge in [0.25, 0.3) is 0 Å². The van der Waals surface area contributed by atoms with Crippen LogP contribution in [0.3, 0.4) is 0 Å². The number of carboxylic acids is 1. The zero-order valence-electron chi connectivity index (χ0n) is 16.8. The van der Waals surface area contributed by atoms with E-state index < -0.39 is 5.97 Å². The van der Waals surface area contributed by atoms with Crippen LogP contribution in [-0.4, -0.2) is 22.8 Å². The number of hydrogen-bond donors (Lipinski definition) is 2. The first-order valence-corrected chi connectivity index (χ1v) is 9.41. The lowest BCUT2D eigenvalue weighted by molar-refractivity contribution is 0.0694. The van der Waals surface area contributed by atoms with Gasteiger partial charge in [0, 0.05) is 42.1 Å². The second kappa shape index (κ2) is 8.92.